The molecule has 0 aliphatic rings. The molecule has 8 heteroatoms. The van der Waals surface area contributed by atoms with E-state index in [0.717, 1.165) is 12.0 Å². The molecule has 1 atom stereocenters. The molecule has 0 spiro atoms. The van der Waals surface area contributed by atoms with Gasteiger partial charge in [-0.15, -0.1) is 0 Å². The van der Waals surface area contributed by atoms with Crippen LogP contribution >= 0.6 is 0 Å². The zero-order valence-electron chi connectivity index (χ0n) is 14.9. The van der Waals surface area contributed by atoms with Crippen LogP contribution in [0, 0.1) is 0 Å². The second kappa shape index (κ2) is 9.30. The van der Waals surface area contributed by atoms with E-state index in [9.17, 15) is 13.2 Å². The van der Waals surface area contributed by atoms with Gasteiger partial charge in [-0.3, -0.25) is 4.98 Å². The number of urea groups is 1. The molecule has 140 valence electrons. The molecule has 1 aromatic heterocycles. The summed E-state index contributed by atoms with van der Waals surface area (Å²) in [6.07, 6.45) is 4.86. The Kier molecular flexibility index (Phi) is 7.11. The van der Waals surface area contributed by atoms with Crippen molar-refractivity contribution in [3.05, 3.63) is 54.4 Å². The highest BCUT2D eigenvalue weighted by molar-refractivity contribution is 7.89. The Balaban J connectivity index is 1.89. The smallest absolute Gasteiger partial charge is 0.319 e. The normalized spacial score (nSPS) is 12.4. The predicted molar refractivity (Wildman–Crippen MR) is 101 cm³/mol. The standard InChI is InChI=1S/C18H24N4O3S/c1-3-10-20-26(24,25)17-8-6-16(7-9-17)22-18(23)21-14(2)12-15-5-4-11-19-13-15/h4-9,11,13-14,20H,3,10,12H2,1-2H3,(H2,21,22,23)/t14-/m1/s1. The van der Waals surface area contributed by atoms with E-state index in [1.54, 1.807) is 24.5 Å². The number of carbonyl (C=O) groups excluding carboxylic acids is 1. The third-order valence-electron chi connectivity index (χ3n) is 3.61. The molecule has 1 heterocycles. The van der Waals surface area contributed by atoms with Gasteiger partial charge in [-0.25, -0.2) is 17.9 Å². The minimum atomic E-state index is -3.51. The van der Waals surface area contributed by atoms with Crippen LogP contribution in [0.15, 0.2) is 53.7 Å². The van der Waals surface area contributed by atoms with Crippen LogP contribution in [0.25, 0.3) is 0 Å². The Morgan fingerprint density at radius 3 is 2.54 bits per heavy atom. The van der Waals surface area contributed by atoms with Crippen molar-refractivity contribution >= 4 is 21.7 Å². The number of pyridine rings is 1. The molecule has 0 aliphatic carbocycles. The fourth-order valence-corrected chi connectivity index (χ4v) is 3.49. The summed E-state index contributed by atoms with van der Waals surface area (Å²) in [6.45, 7) is 4.19. The van der Waals surface area contributed by atoms with Crippen molar-refractivity contribution in [3.8, 4) is 0 Å². The Morgan fingerprint density at radius 2 is 1.92 bits per heavy atom. The molecule has 2 amide bonds. The van der Waals surface area contributed by atoms with E-state index in [4.69, 9.17) is 0 Å². The lowest BCUT2D eigenvalue weighted by Gasteiger charge is -2.15. The Labute approximate surface area is 154 Å². The molecular weight excluding hydrogens is 352 g/mol. The van der Waals surface area contributed by atoms with Crippen molar-refractivity contribution in [2.45, 2.75) is 37.6 Å². The average molecular weight is 376 g/mol. The highest BCUT2D eigenvalue weighted by Gasteiger charge is 2.13. The summed E-state index contributed by atoms with van der Waals surface area (Å²) in [5, 5.41) is 5.54. The summed E-state index contributed by atoms with van der Waals surface area (Å²) in [6, 6.07) is 9.44. The second-order valence-corrected chi connectivity index (χ2v) is 7.75. The van der Waals surface area contributed by atoms with E-state index < -0.39 is 10.0 Å². The zero-order chi connectivity index (χ0) is 19.0. The maximum absolute atomic E-state index is 12.1. The van der Waals surface area contributed by atoms with Gasteiger partial charge in [0, 0.05) is 30.7 Å². The number of anilines is 1. The number of rotatable bonds is 8. The number of hydrogen-bond donors (Lipinski definition) is 3. The van der Waals surface area contributed by atoms with Crippen LogP contribution in [0.5, 0.6) is 0 Å². The molecular formula is C18H24N4O3S. The maximum atomic E-state index is 12.1. The fraction of sp³-hybridized carbons (Fsp3) is 0.333. The molecule has 0 aliphatic heterocycles. The van der Waals surface area contributed by atoms with Crippen LogP contribution in [0.4, 0.5) is 10.5 Å². The van der Waals surface area contributed by atoms with Gasteiger partial charge in [0.2, 0.25) is 10.0 Å². The van der Waals surface area contributed by atoms with Crippen molar-refractivity contribution in [3.63, 3.8) is 0 Å². The summed E-state index contributed by atoms with van der Waals surface area (Å²) >= 11 is 0. The topological polar surface area (TPSA) is 100 Å². The maximum Gasteiger partial charge on any atom is 0.319 e. The number of aromatic nitrogens is 1. The summed E-state index contributed by atoms with van der Waals surface area (Å²) in [5.41, 5.74) is 1.56. The van der Waals surface area contributed by atoms with Crippen molar-refractivity contribution in [2.24, 2.45) is 0 Å². The first-order valence-electron chi connectivity index (χ1n) is 8.47. The molecule has 0 saturated carbocycles. The van der Waals surface area contributed by atoms with Crippen LogP contribution in [0.3, 0.4) is 0 Å². The average Bonchev–Trinajstić information content (AvgIpc) is 2.61. The number of amides is 2. The number of nitrogens with one attached hydrogen (secondary N) is 3. The molecule has 3 N–H and O–H groups in total. The lowest BCUT2D eigenvalue weighted by Crippen LogP contribution is -2.37. The van der Waals surface area contributed by atoms with Gasteiger partial charge in [-0.2, -0.15) is 0 Å². The molecule has 0 bridgehead atoms. The molecule has 0 unspecified atom stereocenters. The molecule has 0 fully saturated rings. The first-order valence-corrected chi connectivity index (χ1v) is 9.95. The van der Waals surface area contributed by atoms with E-state index in [0.29, 0.717) is 18.7 Å². The highest BCUT2D eigenvalue weighted by Crippen LogP contribution is 2.14. The van der Waals surface area contributed by atoms with Gasteiger partial charge in [-0.05, 0) is 55.7 Å². The van der Waals surface area contributed by atoms with Gasteiger partial charge in [-0.1, -0.05) is 13.0 Å². The third-order valence-corrected chi connectivity index (χ3v) is 5.08. The lowest BCUT2D eigenvalue weighted by molar-refractivity contribution is 0.249. The van der Waals surface area contributed by atoms with Crippen LogP contribution in [0.2, 0.25) is 0 Å². The van der Waals surface area contributed by atoms with Gasteiger partial charge >= 0.3 is 6.03 Å². The number of benzene rings is 1. The molecule has 2 aromatic rings. The van der Waals surface area contributed by atoms with E-state index >= 15 is 0 Å². The zero-order valence-corrected chi connectivity index (χ0v) is 15.7. The van der Waals surface area contributed by atoms with Crippen LogP contribution in [-0.4, -0.2) is 32.0 Å². The third kappa shape index (κ3) is 6.12. The Bertz CT molecular complexity index is 808. The molecule has 7 nitrogen and oxygen atoms in total. The Hall–Kier alpha value is -2.45. The Morgan fingerprint density at radius 1 is 1.19 bits per heavy atom. The number of nitrogens with zero attached hydrogens (tertiary/aromatic N) is 1. The molecule has 0 radical (unpaired) electrons. The fourth-order valence-electron chi connectivity index (χ4n) is 2.35. The van der Waals surface area contributed by atoms with Crippen molar-refractivity contribution in [2.75, 3.05) is 11.9 Å². The van der Waals surface area contributed by atoms with Crippen LogP contribution in [-0.2, 0) is 16.4 Å². The van der Waals surface area contributed by atoms with Crippen molar-refractivity contribution < 1.29 is 13.2 Å². The first-order chi connectivity index (χ1) is 12.4. The lowest BCUT2D eigenvalue weighted by atomic mass is 10.1. The van der Waals surface area contributed by atoms with Crippen LogP contribution in [0.1, 0.15) is 25.8 Å². The van der Waals surface area contributed by atoms with Gasteiger partial charge in [0.05, 0.1) is 4.90 Å². The minimum absolute atomic E-state index is 0.0721. The van der Waals surface area contributed by atoms with E-state index in [2.05, 4.69) is 20.3 Å². The molecule has 0 saturated heterocycles. The van der Waals surface area contributed by atoms with Gasteiger partial charge in [0.25, 0.3) is 0 Å². The molecule has 1 aromatic carbocycles. The summed E-state index contributed by atoms with van der Waals surface area (Å²) < 4.78 is 26.6. The number of hydrogen-bond acceptors (Lipinski definition) is 4. The monoisotopic (exact) mass is 376 g/mol. The van der Waals surface area contributed by atoms with Gasteiger partial charge in [0.1, 0.15) is 0 Å². The van der Waals surface area contributed by atoms with Gasteiger partial charge < -0.3 is 10.6 Å². The summed E-state index contributed by atoms with van der Waals surface area (Å²) in [5.74, 6) is 0. The van der Waals surface area contributed by atoms with Crippen LogP contribution < -0.4 is 15.4 Å². The minimum Gasteiger partial charge on any atom is -0.335 e. The molecule has 2 rings (SSSR count). The van der Waals surface area contributed by atoms with Crippen molar-refractivity contribution in [1.29, 1.82) is 0 Å². The number of sulfonamides is 1. The molecule has 26 heavy (non-hydrogen) atoms. The van der Waals surface area contributed by atoms with Crippen molar-refractivity contribution in [1.82, 2.24) is 15.0 Å². The second-order valence-electron chi connectivity index (χ2n) is 5.99. The largest absolute Gasteiger partial charge is 0.335 e. The van der Waals surface area contributed by atoms with Gasteiger partial charge in [0.15, 0.2) is 0 Å². The first kappa shape index (κ1) is 19.9. The summed E-state index contributed by atoms with van der Waals surface area (Å²) in [4.78, 5) is 16.3. The van der Waals surface area contributed by atoms with E-state index in [1.165, 1.54) is 12.1 Å². The quantitative estimate of drug-likeness (QED) is 0.659. The highest BCUT2D eigenvalue weighted by atomic mass is 32.2. The van der Waals surface area contributed by atoms with E-state index in [-0.39, 0.29) is 17.0 Å². The predicted octanol–water partition coefficient (Wildman–Crippen LogP) is 2.52. The SMILES string of the molecule is CCCNS(=O)(=O)c1ccc(NC(=O)N[C@H](C)Cc2cccnc2)cc1. The number of carbonyl (C=O) groups is 1. The summed E-state index contributed by atoms with van der Waals surface area (Å²) in [7, 11) is -3.51. The van der Waals surface area contributed by atoms with E-state index in [1.807, 2.05) is 26.0 Å².